The second-order valence-corrected chi connectivity index (χ2v) is 11.5. The summed E-state index contributed by atoms with van der Waals surface area (Å²) in [5, 5.41) is 12.0. The van der Waals surface area contributed by atoms with Gasteiger partial charge in [-0.15, -0.1) is 0 Å². The minimum absolute atomic E-state index is 0.0231. The number of carboxylic acid groups (broad SMARTS) is 1. The standard InChI is InChI=1S/C32H56N2O10/c1-5-6-7-8-9-10-11-12-13-14-15-16-25(35)19-23(2)29(37)34-28(30(38)39)18-17-26(36)20-24(31(40)42-3)21-44-22-27(33)32(41)43-4/h23-24,27-28H,5-22,33H2,1-4H3,(H,34,37)(H,38,39)/t23-,24+,27-,28-/m1/s1. The van der Waals surface area contributed by atoms with E-state index in [1.165, 1.54) is 58.5 Å². The Morgan fingerprint density at radius 1 is 0.727 bits per heavy atom. The molecule has 0 rings (SSSR count). The van der Waals surface area contributed by atoms with Crippen LogP contribution in [-0.2, 0) is 43.0 Å². The number of methoxy groups -OCH3 is 2. The number of carboxylic acids is 1. The van der Waals surface area contributed by atoms with E-state index in [0.717, 1.165) is 26.4 Å². The smallest absolute Gasteiger partial charge is 0.326 e. The molecule has 44 heavy (non-hydrogen) atoms. The first kappa shape index (κ1) is 41.1. The normalized spacial score (nSPS) is 13.8. The van der Waals surface area contributed by atoms with Crippen molar-refractivity contribution in [1.82, 2.24) is 5.32 Å². The first-order valence-corrected chi connectivity index (χ1v) is 16.0. The van der Waals surface area contributed by atoms with Crippen LogP contribution >= 0.6 is 0 Å². The lowest BCUT2D eigenvalue weighted by Crippen LogP contribution is -2.43. The average Bonchev–Trinajstić information content (AvgIpc) is 2.99. The SMILES string of the molecule is CCCCCCCCCCCCCC(=O)C[C@@H](C)C(=O)N[C@H](CCC(=O)C[C@@H](COC[C@@H](N)C(=O)OC)C(=O)OC)C(=O)O. The van der Waals surface area contributed by atoms with Crippen LogP contribution in [0.15, 0.2) is 0 Å². The highest BCUT2D eigenvalue weighted by Crippen LogP contribution is 2.15. The Morgan fingerprint density at radius 2 is 1.25 bits per heavy atom. The molecule has 0 aliphatic carbocycles. The zero-order valence-corrected chi connectivity index (χ0v) is 27.2. The summed E-state index contributed by atoms with van der Waals surface area (Å²) in [5.41, 5.74) is 5.59. The minimum atomic E-state index is -1.33. The van der Waals surface area contributed by atoms with Crippen molar-refractivity contribution in [2.45, 2.75) is 129 Å². The molecule has 4 N–H and O–H groups in total. The molecule has 0 aliphatic rings. The maximum atomic E-state index is 12.6. The number of hydrogen-bond donors (Lipinski definition) is 3. The van der Waals surface area contributed by atoms with Gasteiger partial charge in [0.25, 0.3) is 0 Å². The maximum absolute atomic E-state index is 12.6. The molecule has 254 valence electrons. The van der Waals surface area contributed by atoms with Crippen molar-refractivity contribution in [2.75, 3.05) is 27.4 Å². The van der Waals surface area contributed by atoms with E-state index in [4.69, 9.17) is 15.2 Å². The monoisotopic (exact) mass is 628 g/mol. The Labute approximate surface area is 262 Å². The lowest BCUT2D eigenvalue weighted by Gasteiger charge is -2.18. The first-order chi connectivity index (χ1) is 21.0. The number of nitrogens with two attached hydrogens (primary N) is 1. The van der Waals surface area contributed by atoms with E-state index in [0.29, 0.717) is 6.42 Å². The van der Waals surface area contributed by atoms with E-state index in [9.17, 15) is 33.9 Å². The molecule has 4 atom stereocenters. The zero-order chi connectivity index (χ0) is 33.3. The predicted molar refractivity (Wildman–Crippen MR) is 165 cm³/mol. The average molecular weight is 629 g/mol. The van der Waals surface area contributed by atoms with Crippen LogP contribution in [0.1, 0.15) is 117 Å². The first-order valence-electron chi connectivity index (χ1n) is 16.0. The van der Waals surface area contributed by atoms with Gasteiger partial charge >= 0.3 is 17.9 Å². The van der Waals surface area contributed by atoms with E-state index >= 15 is 0 Å². The third-order valence-corrected chi connectivity index (χ3v) is 7.50. The fourth-order valence-electron chi connectivity index (χ4n) is 4.71. The molecule has 0 radical (unpaired) electrons. The van der Waals surface area contributed by atoms with Gasteiger partial charge in [0, 0.05) is 31.6 Å². The lowest BCUT2D eigenvalue weighted by atomic mass is 9.97. The predicted octanol–water partition coefficient (Wildman–Crippen LogP) is 3.90. The molecule has 1 amide bonds. The van der Waals surface area contributed by atoms with Gasteiger partial charge in [0.05, 0.1) is 33.4 Å². The van der Waals surface area contributed by atoms with Gasteiger partial charge in [0.1, 0.15) is 23.7 Å². The number of ether oxygens (including phenoxy) is 3. The third kappa shape index (κ3) is 20.2. The fourth-order valence-corrected chi connectivity index (χ4v) is 4.71. The lowest BCUT2D eigenvalue weighted by molar-refractivity contribution is -0.150. The summed E-state index contributed by atoms with van der Waals surface area (Å²) in [4.78, 5) is 72.8. The summed E-state index contributed by atoms with van der Waals surface area (Å²) in [6.45, 7) is 3.31. The highest BCUT2D eigenvalue weighted by atomic mass is 16.5. The van der Waals surface area contributed by atoms with Gasteiger partial charge in [0.2, 0.25) is 5.91 Å². The topological polar surface area (TPSA) is 188 Å². The Kier molecular flexibility index (Phi) is 23.8. The van der Waals surface area contributed by atoms with Crippen LogP contribution in [0.4, 0.5) is 0 Å². The van der Waals surface area contributed by atoms with Crippen molar-refractivity contribution >= 4 is 35.4 Å². The highest BCUT2D eigenvalue weighted by Gasteiger charge is 2.28. The molecule has 12 heteroatoms. The van der Waals surface area contributed by atoms with Crippen molar-refractivity contribution in [3.8, 4) is 0 Å². The molecule has 0 unspecified atom stereocenters. The molecule has 0 aliphatic heterocycles. The van der Waals surface area contributed by atoms with Crippen LogP contribution in [-0.4, -0.2) is 80.0 Å². The van der Waals surface area contributed by atoms with E-state index in [-0.39, 0.29) is 44.7 Å². The number of amides is 1. The van der Waals surface area contributed by atoms with Crippen molar-refractivity contribution in [2.24, 2.45) is 17.6 Å². The number of carbonyl (C=O) groups excluding carboxylic acids is 5. The van der Waals surface area contributed by atoms with Gasteiger partial charge in [-0.25, -0.2) is 4.79 Å². The van der Waals surface area contributed by atoms with Crippen LogP contribution in [0.2, 0.25) is 0 Å². The molecule has 0 bridgehead atoms. The summed E-state index contributed by atoms with van der Waals surface area (Å²) in [5.74, 6) is -5.44. The summed E-state index contributed by atoms with van der Waals surface area (Å²) >= 11 is 0. The number of rotatable bonds is 28. The van der Waals surface area contributed by atoms with Gasteiger partial charge < -0.3 is 30.4 Å². The van der Waals surface area contributed by atoms with Crippen molar-refractivity contribution in [3.05, 3.63) is 0 Å². The minimum Gasteiger partial charge on any atom is -0.480 e. The number of Topliss-reactive ketones (excluding diaryl/α,β-unsaturated/α-hetero) is 2. The Bertz CT molecular complexity index is 879. The molecule has 0 heterocycles. The molecule has 0 aromatic rings. The molecule has 0 spiro atoms. The van der Waals surface area contributed by atoms with Crippen LogP contribution in [0.3, 0.4) is 0 Å². The molecule has 0 saturated carbocycles. The number of unbranched alkanes of at least 4 members (excludes halogenated alkanes) is 10. The van der Waals surface area contributed by atoms with Crippen molar-refractivity contribution in [3.63, 3.8) is 0 Å². The van der Waals surface area contributed by atoms with Gasteiger partial charge in [-0.2, -0.15) is 0 Å². The van der Waals surface area contributed by atoms with Crippen molar-refractivity contribution in [1.29, 1.82) is 0 Å². The number of nitrogens with one attached hydrogen (secondary N) is 1. The quantitative estimate of drug-likeness (QED) is 0.0842. The van der Waals surface area contributed by atoms with E-state index in [1.807, 2.05) is 0 Å². The number of esters is 2. The highest BCUT2D eigenvalue weighted by molar-refractivity contribution is 5.89. The van der Waals surface area contributed by atoms with E-state index < -0.39 is 53.5 Å². The second-order valence-electron chi connectivity index (χ2n) is 11.5. The Hall–Kier alpha value is -2.86. The Morgan fingerprint density at radius 3 is 1.77 bits per heavy atom. The summed E-state index contributed by atoms with van der Waals surface area (Å²) in [7, 11) is 2.32. The number of aliphatic carboxylic acids is 1. The zero-order valence-electron chi connectivity index (χ0n) is 27.2. The van der Waals surface area contributed by atoms with E-state index in [2.05, 4.69) is 17.0 Å². The summed E-state index contributed by atoms with van der Waals surface area (Å²) in [6.07, 6.45) is 12.7. The molecule has 0 fully saturated rings. The van der Waals surface area contributed by atoms with Crippen LogP contribution in [0.25, 0.3) is 0 Å². The number of ketones is 2. The fraction of sp³-hybridized carbons (Fsp3) is 0.812. The van der Waals surface area contributed by atoms with Gasteiger partial charge in [-0.3, -0.25) is 24.0 Å². The summed E-state index contributed by atoms with van der Waals surface area (Å²) in [6, 6.07) is -2.39. The largest absolute Gasteiger partial charge is 0.480 e. The van der Waals surface area contributed by atoms with Gasteiger partial charge in [-0.05, 0) is 12.8 Å². The van der Waals surface area contributed by atoms with Gasteiger partial charge in [0.15, 0.2) is 0 Å². The molecule has 0 aromatic heterocycles. The maximum Gasteiger partial charge on any atom is 0.326 e. The molecule has 0 aromatic carbocycles. The van der Waals surface area contributed by atoms with E-state index in [1.54, 1.807) is 6.92 Å². The van der Waals surface area contributed by atoms with Crippen LogP contribution in [0, 0.1) is 11.8 Å². The number of carbonyl (C=O) groups is 6. The number of hydrogen-bond acceptors (Lipinski definition) is 10. The summed E-state index contributed by atoms with van der Waals surface area (Å²) < 4.78 is 14.5. The Balaban J connectivity index is 4.47. The molecular weight excluding hydrogens is 572 g/mol. The van der Waals surface area contributed by atoms with Crippen LogP contribution < -0.4 is 11.1 Å². The molecule has 0 saturated heterocycles. The van der Waals surface area contributed by atoms with Crippen LogP contribution in [0.5, 0.6) is 0 Å². The molecule has 12 nitrogen and oxygen atoms in total. The third-order valence-electron chi connectivity index (χ3n) is 7.50. The molecular formula is C32H56N2O10. The van der Waals surface area contributed by atoms with Crippen molar-refractivity contribution < 1.29 is 48.1 Å². The second kappa shape index (κ2) is 25.5. The van der Waals surface area contributed by atoms with Gasteiger partial charge in [-0.1, -0.05) is 78.1 Å².